The molecule has 1 unspecified atom stereocenters. The molecule has 1 aromatic heterocycles. The van der Waals surface area contributed by atoms with E-state index in [1.807, 2.05) is 48.5 Å². The minimum absolute atomic E-state index is 0.244. The molecular formula is C20H18N2O2. The van der Waals surface area contributed by atoms with Crippen molar-refractivity contribution in [2.45, 2.75) is 19.3 Å². The third-order valence-electron chi connectivity index (χ3n) is 4.21. The molecule has 4 rings (SSSR count). The standard InChI is InChI=1S/C20H18N2O2/c1-23-18-12-16-17(13-24-18)21-20(15-10-6-3-7-11-15)22-19(16)14-8-4-2-5-9-14/h2-11,18H,12-13H2,1H3. The van der Waals surface area contributed by atoms with Gasteiger partial charge in [0.25, 0.3) is 0 Å². The van der Waals surface area contributed by atoms with E-state index in [1.165, 1.54) is 0 Å². The Bertz CT molecular complexity index is 835. The Labute approximate surface area is 141 Å². The maximum absolute atomic E-state index is 5.72. The summed E-state index contributed by atoms with van der Waals surface area (Å²) in [6, 6.07) is 20.3. The summed E-state index contributed by atoms with van der Waals surface area (Å²) in [5, 5.41) is 0. The van der Waals surface area contributed by atoms with E-state index in [-0.39, 0.29) is 6.29 Å². The maximum Gasteiger partial charge on any atom is 0.161 e. The van der Waals surface area contributed by atoms with Gasteiger partial charge in [0.15, 0.2) is 12.1 Å². The van der Waals surface area contributed by atoms with Crippen LogP contribution in [0.1, 0.15) is 11.3 Å². The molecule has 0 spiro atoms. The number of methoxy groups -OCH3 is 1. The molecule has 0 aliphatic carbocycles. The maximum atomic E-state index is 5.72. The van der Waals surface area contributed by atoms with Gasteiger partial charge >= 0.3 is 0 Å². The number of hydrogen-bond donors (Lipinski definition) is 0. The SMILES string of the molecule is COC1Cc2c(nc(-c3ccccc3)nc2-c2ccccc2)CO1. The fourth-order valence-corrected chi connectivity index (χ4v) is 2.96. The van der Waals surface area contributed by atoms with E-state index in [4.69, 9.17) is 19.4 Å². The van der Waals surface area contributed by atoms with Crippen molar-refractivity contribution in [2.75, 3.05) is 7.11 Å². The Hall–Kier alpha value is -2.56. The highest BCUT2D eigenvalue weighted by atomic mass is 16.7. The summed E-state index contributed by atoms with van der Waals surface area (Å²) in [6.07, 6.45) is 0.414. The van der Waals surface area contributed by atoms with Gasteiger partial charge in [0.1, 0.15) is 0 Å². The number of benzene rings is 2. The molecule has 120 valence electrons. The van der Waals surface area contributed by atoms with Gasteiger partial charge in [-0.1, -0.05) is 60.7 Å². The van der Waals surface area contributed by atoms with Crippen LogP contribution < -0.4 is 0 Å². The average Bonchev–Trinajstić information content (AvgIpc) is 2.68. The first-order valence-corrected chi connectivity index (χ1v) is 8.00. The number of fused-ring (bicyclic) bond motifs is 1. The molecule has 2 aromatic carbocycles. The predicted molar refractivity (Wildman–Crippen MR) is 92.2 cm³/mol. The van der Waals surface area contributed by atoms with E-state index in [9.17, 15) is 0 Å². The van der Waals surface area contributed by atoms with Crippen molar-refractivity contribution >= 4 is 0 Å². The van der Waals surface area contributed by atoms with E-state index in [1.54, 1.807) is 7.11 Å². The molecular weight excluding hydrogens is 300 g/mol. The predicted octanol–water partition coefficient (Wildman–Crippen LogP) is 3.86. The van der Waals surface area contributed by atoms with Crippen LogP contribution in [0, 0.1) is 0 Å². The van der Waals surface area contributed by atoms with Crippen LogP contribution in [-0.2, 0) is 22.5 Å². The molecule has 1 aliphatic heterocycles. The summed E-state index contributed by atoms with van der Waals surface area (Å²) in [4.78, 5) is 9.62. The molecule has 1 atom stereocenters. The van der Waals surface area contributed by atoms with Crippen LogP contribution in [0.25, 0.3) is 22.6 Å². The Morgan fingerprint density at radius 3 is 2.25 bits per heavy atom. The number of ether oxygens (including phenoxy) is 2. The lowest BCUT2D eigenvalue weighted by Crippen LogP contribution is -2.26. The van der Waals surface area contributed by atoms with Crippen molar-refractivity contribution < 1.29 is 9.47 Å². The Kier molecular flexibility index (Phi) is 4.07. The van der Waals surface area contributed by atoms with Crippen LogP contribution in [0.2, 0.25) is 0 Å². The lowest BCUT2D eigenvalue weighted by molar-refractivity contribution is -0.138. The second-order valence-electron chi connectivity index (χ2n) is 5.73. The zero-order valence-corrected chi connectivity index (χ0v) is 13.5. The summed E-state index contributed by atoms with van der Waals surface area (Å²) in [5.41, 5.74) is 5.11. The van der Waals surface area contributed by atoms with Crippen molar-refractivity contribution in [2.24, 2.45) is 0 Å². The first kappa shape index (κ1) is 15.0. The fraction of sp³-hybridized carbons (Fsp3) is 0.200. The number of rotatable bonds is 3. The lowest BCUT2D eigenvalue weighted by atomic mass is 9.99. The molecule has 0 saturated carbocycles. The second kappa shape index (κ2) is 6.51. The van der Waals surface area contributed by atoms with Crippen LogP contribution in [-0.4, -0.2) is 23.4 Å². The van der Waals surface area contributed by atoms with Gasteiger partial charge < -0.3 is 9.47 Å². The normalized spacial score (nSPS) is 16.6. The Morgan fingerprint density at radius 1 is 0.917 bits per heavy atom. The molecule has 2 heterocycles. The van der Waals surface area contributed by atoms with Gasteiger partial charge in [-0.3, -0.25) is 0 Å². The highest BCUT2D eigenvalue weighted by Gasteiger charge is 2.25. The fourth-order valence-electron chi connectivity index (χ4n) is 2.96. The quantitative estimate of drug-likeness (QED) is 0.735. The third-order valence-corrected chi connectivity index (χ3v) is 4.21. The minimum Gasteiger partial charge on any atom is -0.356 e. The molecule has 0 bridgehead atoms. The molecule has 4 nitrogen and oxygen atoms in total. The topological polar surface area (TPSA) is 44.2 Å². The summed E-state index contributed by atoms with van der Waals surface area (Å²) in [5.74, 6) is 0.729. The third kappa shape index (κ3) is 2.82. The Balaban J connectivity index is 1.89. The van der Waals surface area contributed by atoms with Gasteiger partial charge in [-0.15, -0.1) is 0 Å². The molecule has 4 heteroatoms. The molecule has 24 heavy (non-hydrogen) atoms. The lowest BCUT2D eigenvalue weighted by Gasteiger charge is -2.25. The molecule has 0 N–H and O–H groups in total. The van der Waals surface area contributed by atoms with Crippen molar-refractivity contribution in [1.82, 2.24) is 9.97 Å². The van der Waals surface area contributed by atoms with E-state index in [0.717, 1.165) is 33.9 Å². The van der Waals surface area contributed by atoms with Crippen LogP contribution in [0.4, 0.5) is 0 Å². The summed E-state index contributed by atoms with van der Waals surface area (Å²) in [6.45, 7) is 0.441. The smallest absolute Gasteiger partial charge is 0.161 e. The van der Waals surface area contributed by atoms with E-state index >= 15 is 0 Å². The average molecular weight is 318 g/mol. The summed E-state index contributed by atoms with van der Waals surface area (Å²) in [7, 11) is 1.66. The number of hydrogen-bond acceptors (Lipinski definition) is 4. The zero-order valence-electron chi connectivity index (χ0n) is 13.5. The minimum atomic E-state index is -0.244. The van der Waals surface area contributed by atoms with Crippen molar-refractivity contribution in [3.05, 3.63) is 71.9 Å². The number of nitrogens with zero attached hydrogens (tertiary/aromatic N) is 2. The summed E-state index contributed by atoms with van der Waals surface area (Å²) >= 11 is 0. The van der Waals surface area contributed by atoms with Gasteiger partial charge in [0.05, 0.1) is 18.0 Å². The van der Waals surface area contributed by atoms with Crippen molar-refractivity contribution in [3.8, 4) is 22.6 Å². The van der Waals surface area contributed by atoms with Crippen LogP contribution in [0.5, 0.6) is 0 Å². The first-order valence-electron chi connectivity index (χ1n) is 8.00. The molecule has 0 saturated heterocycles. The zero-order chi connectivity index (χ0) is 16.4. The molecule has 0 fully saturated rings. The largest absolute Gasteiger partial charge is 0.356 e. The summed E-state index contributed by atoms with van der Waals surface area (Å²) < 4.78 is 11.1. The molecule has 3 aromatic rings. The second-order valence-corrected chi connectivity index (χ2v) is 5.73. The Morgan fingerprint density at radius 2 is 1.58 bits per heavy atom. The molecule has 0 radical (unpaired) electrons. The van der Waals surface area contributed by atoms with E-state index < -0.39 is 0 Å². The van der Waals surface area contributed by atoms with E-state index in [2.05, 4.69) is 12.1 Å². The van der Waals surface area contributed by atoms with Gasteiger partial charge in [0.2, 0.25) is 0 Å². The van der Waals surface area contributed by atoms with Gasteiger partial charge in [-0.25, -0.2) is 9.97 Å². The number of aromatic nitrogens is 2. The first-order chi connectivity index (χ1) is 11.8. The highest BCUT2D eigenvalue weighted by molar-refractivity contribution is 5.68. The van der Waals surface area contributed by atoms with Gasteiger partial charge in [-0.05, 0) is 0 Å². The van der Waals surface area contributed by atoms with E-state index in [0.29, 0.717) is 13.0 Å². The monoisotopic (exact) mass is 318 g/mol. The van der Waals surface area contributed by atoms with Crippen molar-refractivity contribution in [3.63, 3.8) is 0 Å². The van der Waals surface area contributed by atoms with Gasteiger partial charge in [0, 0.05) is 30.2 Å². The molecule has 0 amide bonds. The molecule has 1 aliphatic rings. The highest BCUT2D eigenvalue weighted by Crippen LogP contribution is 2.31. The van der Waals surface area contributed by atoms with Crippen molar-refractivity contribution in [1.29, 1.82) is 0 Å². The van der Waals surface area contributed by atoms with Crippen LogP contribution in [0.15, 0.2) is 60.7 Å². The van der Waals surface area contributed by atoms with Gasteiger partial charge in [-0.2, -0.15) is 0 Å². The van der Waals surface area contributed by atoms with Crippen LogP contribution in [0.3, 0.4) is 0 Å². The van der Waals surface area contributed by atoms with Crippen LogP contribution >= 0.6 is 0 Å².